The summed E-state index contributed by atoms with van der Waals surface area (Å²) in [6.07, 6.45) is 1.60. The lowest BCUT2D eigenvalue weighted by Crippen LogP contribution is -1.95. The zero-order valence-electron chi connectivity index (χ0n) is 11.5. The minimum absolute atomic E-state index is 0.372. The SMILES string of the molecule is S=c1[nH]nc(-c2ccc(Cl)cc2)n1/N=C/c1ccc(Cl)cc1Cl. The highest BCUT2D eigenvalue weighted by molar-refractivity contribution is 7.71. The molecule has 1 aromatic heterocycles. The Morgan fingerprint density at radius 1 is 1.04 bits per heavy atom. The first-order valence-corrected chi connectivity index (χ1v) is 8.01. The Bertz CT molecular complexity index is 929. The van der Waals surface area contributed by atoms with Gasteiger partial charge >= 0.3 is 0 Å². The first kappa shape index (κ1) is 16.2. The maximum absolute atomic E-state index is 6.13. The molecular formula is C15H9Cl3N4S. The number of benzene rings is 2. The van der Waals surface area contributed by atoms with Crippen molar-refractivity contribution in [2.24, 2.45) is 5.10 Å². The highest BCUT2D eigenvalue weighted by atomic mass is 35.5. The summed E-state index contributed by atoms with van der Waals surface area (Å²) in [5.41, 5.74) is 1.56. The topological polar surface area (TPSA) is 46.0 Å². The smallest absolute Gasteiger partial charge is 0.216 e. The van der Waals surface area contributed by atoms with Gasteiger partial charge in [-0.05, 0) is 48.6 Å². The first-order valence-electron chi connectivity index (χ1n) is 6.47. The van der Waals surface area contributed by atoms with Crippen LogP contribution in [-0.4, -0.2) is 21.1 Å². The second kappa shape index (κ2) is 6.84. The zero-order valence-corrected chi connectivity index (χ0v) is 14.6. The van der Waals surface area contributed by atoms with Crippen LogP contribution >= 0.6 is 47.0 Å². The molecule has 0 radical (unpaired) electrons. The molecule has 116 valence electrons. The van der Waals surface area contributed by atoms with Crippen LogP contribution in [0.15, 0.2) is 47.6 Å². The molecule has 3 rings (SSSR count). The van der Waals surface area contributed by atoms with E-state index in [1.807, 2.05) is 12.1 Å². The maximum Gasteiger partial charge on any atom is 0.216 e. The fourth-order valence-electron chi connectivity index (χ4n) is 1.91. The molecule has 0 aliphatic carbocycles. The van der Waals surface area contributed by atoms with Gasteiger partial charge in [0.05, 0.1) is 11.2 Å². The molecule has 0 unspecified atom stereocenters. The Morgan fingerprint density at radius 2 is 1.74 bits per heavy atom. The molecule has 1 heterocycles. The molecule has 1 N–H and O–H groups in total. The second-order valence-corrected chi connectivity index (χ2v) is 6.25. The summed E-state index contributed by atoms with van der Waals surface area (Å²) in [7, 11) is 0. The first-order chi connectivity index (χ1) is 11.0. The van der Waals surface area contributed by atoms with Crippen LogP contribution in [0.25, 0.3) is 11.4 Å². The van der Waals surface area contributed by atoms with E-state index < -0.39 is 0 Å². The summed E-state index contributed by atoms with van der Waals surface area (Å²) in [5, 5.41) is 13.0. The average Bonchev–Trinajstić information content (AvgIpc) is 2.88. The van der Waals surface area contributed by atoms with Gasteiger partial charge in [0.2, 0.25) is 4.77 Å². The molecule has 0 saturated heterocycles. The summed E-state index contributed by atoms with van der Waals surface area (Å²) in [6, 6.07) is 12.4. The van der Waals surface area contributed by atoms with Crippen LogP contribution in [-0.2, 0) is 0 Å². The van der Waals surface area contributed by atoms with Crippen molar-refractivity contribution in [3.63, 3.8) is 0 Å². The maximum atomic E-state index is 6.13. The van der Waals surface area contributed by atoms with Crippen LogP contribution in [0, 0.1) is 4.77 Å². The standard InChI is InChI=1S/C15H9Cl3N4S/c16-11-4-1-9(2-5-11)14-20-21-15(23)22(14)19-8-10-3-6-12(17)7-13(10)18/h1-8H,(H,21,23)/b19-8+. The molecule has 0 aliphatic rings. The van der Waals surface area contributed by atoms with Gasteiger partial charge in [-0.2, -0.15) is 14.9 Å². The van der Waals surface area contributed by atoms with Crippen molar-refractivity contribution < 1.29 is 0 Å². The van der Waals surface area contributed by atoms with Crippen molar-refractivity contribution in [1.82, 2.24) is 14.9 Å². The second-order valence-electron chi connectivity index (χ2n) is 4.58. The van der Waals surface area contributed by atoms with Crippen molar-refractivity contribution in [1.29, 1.82) is 0 Å². The predicted molar refractivity (Wildman–Crippen MR) is 97.3 cm³/mol. The van der Waals surface area contributed by atoms with E-state index in [-0.39, 0.29) is 0 Å². The van der Waals surface area contributed by atoms with E-state index >= 15 is 0 Å². The third kappa shape index (κ3) is 3.64. The molecule has 0 atom stereocenters. The Kier molecular flexibility index (Phi) is 4.82. The van der Waals surface area contributed by atoms with E-state index in [0.29, 0.717) is 25.7 Å². The monoisotopic (exact) mass is 382 g/mol. The minimum Gasteiger partial charge on any atom is -0.250 e. The van der Waals surface area contributed by atoms with E-state index in [9.17, 15) is 0 Å². The number of hydrogen-bond donors (Lipinski definition) is 1. The largest absolute Gasteiger partial charge is 0.250 e. The summed E-state index contributed by atoms with van der Waals surface area (Å²) in [4.78, 5) is 0. The molecule has 2 aromatic carbocycles. The highest BCUT2D eigenvalue weighted by Crippen LogP contribution is 2.21. The van der Waals surface area contributed by atoms with Gasteiger partial charge < -0.3 is 0 Å². The number of aromatic amines is 1. The molecule has 23 heavy (non-hydrogen) atoms. The van der Waals surface area contributed by atoms with Gasteiger partial charge in [0, 0.05) is 21.2 Å². The zero-order chi connectivity index (χ0) is 16.4. The Hall–Kier alpha value is -1.66. The number of aromatic nitrogens is 3. The summed E-state index contributed by atoms with van der Waals surface area (Å²) in [5.74, 6) is 0.577. The van der Waals surface area contributed by atoms with Gasteiger partial charge in [-0.25, -0.2) is 5.10 Å². The average molecular weight is 384 g/mol. The predicted octanol–water partition coefficient (Wildman–Crippen LogP) is 5.45. The summed E-state index contributed by atoms with van der Waals surface area (Å²) >= 11 is 23.1. The fourth-order valence-corrected chi connectivity index (χ4v) is 2.67. The number of H-pyrrole nitrogens is 1. The quantitative estimate of drug-likeness (QED) is 0.483. The molecule has 0 bridgehead atoms. The van der Waals surface area contributed by atoms with Crippen LogP contribution in [0.1, 0.15) is 5.56 Å². The van der Waals surface area contributed by atoms with Crippen LogP contribution < -0.4 is 0 Å². The molecule has 0 saturated carbocycles. The van der Waals surface area contributed by atoms with Crippen molar-refractivity contribution in [2.45, 2.75) is 0 Å². The number of hydrogen-bond acceptors (Lipinski definition) is 3. The van der Waals surface area contributed by atoms with Crippen LogP contribution in [0.3, 0.4) is 0 Å². The Balaban J connectivity index is 2.00. The molecule has 0 amide bonds. The van der Waals surface area contributed by atoms with Gasteiger partial charge in [-0.3, -0.25) is 0 Å². The van der Waals surface area contributed by atoms with Gasteiger partial charge in [0.15, 0.2) is 5.82 Å². The molecule has 8 heteroatoms. The lowest BCUT2D eigenvalue weighted by atomic mass is 10.2. The van der Waals surface area contributed by atoms with Crippen LogP contribution in [0.5, 0.6) is 0 Å². The van der Waals surface area contributed by atoms with Crippen molar-refractivity contribution >= 4 is 53.2 Å². The van der Waals surface area contributed by atoms with Crippen molar-refractivity contribution in [2.75, 3.05) is 0 Å². The Morgan fingerprint density at radius 3 is 2.43 bits per heavy atom. The molecule has 0 aliphatic heterocycles. The van der Waals surface area contributed by atoms with Crippen molar-refractivity contribution in [3.8, 4) is 11.4 Å². The van der Waals surface area contributed by atoms with E-state index in [1.165, 1.54) is 4.68 Å². The van der Waals surface area contributed by atoms with Gasteiger partial charge in [-0.1, -0.05) is 40.9 Å². The summed E-state index contributed by atoms with van der Waals surface area (Å²) in [6.45, 7) is 0. The number of rotatable bonds is 3. The molecule has 0 spiro atoms. The molecule has 4 nitrogen and oxygen atoms in total. The highest BCUT2D eigenvalue weighted by Gasteiger charge is 2.08. The molecule has 0 fully saturated rings. The van der Waals surface area contributed by atoms with Gasteiger partial charge in [0.1, 0.15) is 0 Å². The van der Waals surface area contributed by atoms with Crippen LogP contribution in [0.4, 0.5) is 0 Å². The number of nitrogens with zero attached hydrogens (tertiary/aromatic N) is 3. The third-order valence-electron chi connectivity index (χ3n) is 3.03. The summed E-state index contributed by atoms with van der Waals surface area (Å²) < 4.78 is 1.89. The lowest BCUT2D eigenvalue weighted by Gasteiger charge is -2.02. The minimum atomic E-state index is 0.372. The molecular weight excluding hydrogens is 375 g/mol. The normalized spacial score (nSPS) is 11.3. The number of halogens is 3. The van der Waals surface area contributed by atoms with E-state index in [0.717, 1.165) is 11.1 Å². The van der Waals surface area contributed by atoms with Crippen molar-refractivity contribution in [3.05, 3.63) is 67.9 Å². The molecule has 3 aromatic rings. The van der Waals surface area contributed by atoms with E-state index in [1.54, 1.807) is 36.5 Å². The van der Waals surface area contributed by atoms with Crippen LogP contribution in [0.2, 0.25) is 15.1 Å². The fraction of sp³-hybridized carbons (Fsp3) is 0. The Labute approximate surface area is 152 Å². The third-order valence-corrected chi connectivity index (χ3v) is 4.11. The van der Waals surface area contributed by atoms with E-state index in [2.05, 4.69) is 15.3 Å². The van der Waals surface area contributed by atoms with Gasteiger partial charge in [-0.15, -0.1) is 0 Å². The number of nitrogens with one attached hydrogen (secondary N) is 1. The van der Waals surface area contributed by atoms with Gasteiger partial charge in [0.25, 0.3) is 0 Å². The lowest BCUT2D eigenvalue weighted by molar-refractivity contribution is 0.871. The van der Waals surface area contributed by atoms with E-state index in [4.69, 9.17) is 47.0 Å².